The predicted molar refractivity (Wildman–Crippen MR) is 112 cm³/mol. The van der Waals surface area contributed by atoms with Crippen LogP contribution < -0.4 is 10.6 Å². The van der Waals surface area contributed by atoms with E-state index in [2.05, 4.69) is 31.4 Å². The summed E-state index contributed by atoms with van der Waals surface area (Å²) in [5.41, 5.74) is 3.46. The molecule has 7 nitrogen and oxygen atoms in total. The van der Waals surface area contributed by atoms with Gasteiger partial charge in [0, 0.05) is 17.9 Å². The number of carbonyl (C=O) groups is 2. The summed E-state index contributed by atoms with van der Waals surface area (Å²) >= 11 is 0. The number of carbonyl (C=O) groups excluding carboxylic acids is 2. The number of rotatable bonds is 7. The molecule has 29 heavy (non-hydrogen) atoms. The minimum absolute atomic E-state index is 0.286. The molecule has 0 bridgehead atoms. The van der Waals surface area contributed by atoms with Crippen LogP contribution in [0.15, 0.2) is 42.0 Å². The molecule has 0 radical (unpaired) electrons. The van der Waals surface area contributed by atoms with Gasteiger partial charge in [-0.3, -0.25) is 4.79 Å². The molecule has 0 saturated heterocycles. The van der Waals surface area contributed by atoms with Crippen LogP contribution >= 0.6 is 0 Å². The van der Waals surface area contributed by atoms with Gasteiger partial charge in [0.05, 0.1) is 12.7 Å². The van der Waals surface area contributed by atoms with Gasteiger partial charge >= 0.3 is 5.97 Å². The lowest BCUT2D eigenvalue weighted by molar-refractivity contribution is 0.0600. The van der Waals surface area contributed by atoms with Gasteiger partial charge in [-0.15, -0.1) is 0 Å². The quantitative estimate of drug-likeness (QED) is 0.542. The summed E-state index contributed by atoms with van der Waals surface area (Å²) in [5, 5.41) is 6.01. The van der Waals surface area contributed by atoms with Crippen molar-refractivity contribution in [1.82, 2.24) is 9.97 Å². The smallest absolute Gasteiger partial charge is 0.337 e. The van der Waals surface area contributed by atoms with E-state index in [0.717, 1.165) is 13.0 Å². The highest BCUT2D eigenvalue weighted by molar-refractivity contribution is 6.03. The standard InChI is InChI=1S/C22H26N4O3/c1-15-14-19(20(27)25-18-10-8-17(9-11-18)21(28)29-2)26-22(24-15)23-13-12-16-6-4-3-5-7-16/h6,8-11,14H,3-5,7,12-13H2,1-2H3,(H,25,27)(H,23,24,26). The van der Waals surface area contributed by atoms with Crippen LogP contribution in [0.1, 0.15) is 58.6 Å². The van der Waals surface area contributed by atoms with Crippen molar-refractivity contribution in [3.05, 3.63) is 58.9 Å². The van der Waals surface area contributed by atoms with E-state index in [1.54, 1.807) is 30.3 Å². The van der Waals surface area contributed by atoms with Crippen molar-refractivity contribution in [2.24, 2.45) is 0 Å². The van der Waals surface area contributed by atoms with Crippen LogP contribution in [0, 0.1) is 6.92 Å². The first-order valence-electron chi connectivity index (χ1n) is 9.82. The summed E-state index contributed by atoms with van der Waals surface area (Å²) in [7, 11) is 1.33. The average Bonchev–Trinajstić information content (AvgIpc) is 2.74. The van der Waals surface area contributed by atoms with Gasteiger partial charge in [0.1, 0.15) is 5.69 Å². The molecule has 0 spiro atoms. The first-order chi connectivity index (χ1) is 14.0. The summed E-state index contributed by atoms with van der Waals surface area (Å²) in [6, 6.07) is 8.14. The zero-order chi connectivity index (χ0) is 20.6. The summed E-state index contributed by atoms with van der Waals surface area (Å²) < 4.78 is 4.67. The van der Waals surface area contributed by atoms with E-state index in [-0.39, 0.29) is 11.6 Å². The van der Waals surface area contributed by atoms with E-state index in [1.807, 2.05) is 6.92 Å². The van der Waals surface area contributed by atoms with E-state index in [1.165, 1.54) is 38.4 Å². The Hall–Kier alpha value is -3.22. The van der Waals surface area contributed by atoms with Gasteiger partial charge in [-0.1, -0.05) is 11.6 Å². The third kappa shape index (κ3) is 5.88. The van der Waals surface area contributed by atoms with Crippen LogP contribution in [-0.2, 0) is 4.74 Å². The van der Waals surface area contributed by atoms with Crippen LogP contribution in [0.25, 0.3) is 0 Å². The Morgan fingerprint density at radius 3 is 2.62 bits per heavy atom. The van der Waals surface area contributed by atoms with Crippen molar-refractivity contribution in [3.8, 4) is 0 Å². The molecule has 0 fully saturated rings. The maximum absolute atomic E-state index is 12.6. The molecule has 2 N–H and O–H groups in total. The highest BCUT2D eigenvalue weighted by Crippen LogP contribution is 2.20. The fraction of sp³-hybridized carbons (Fsp3) is 0.364. The van der Waals surface area contributed by atoms with E-state index in [0.29, 0.717) is 22.9 Å². The molecule has 1 amide bonds. The number of aryl methyl sites for hydroxylation is 1. The van der Waals surface area contributed by atoms with Crippen molar-refractivity contribution in [3.63, 3.8) is 0 Å². The number of nitrogens with zero attached hydrogens (tertiary/aromatic N) is 2. The fourth-order valence-corrected chi connectivity index (χ4v) is 3.23. The number of allylic oxidation sites excluding steroid dienone is 1. The fourth-order valence-electron chi connectivity index (χ4n) is 3.23. The highest BCUT2D eigenvalue weighted by Gasteiger charge is 2.12. The van der Waals surface area contributed by atoms with E-state index in [4.69, 9.17) is 0 Å². The lowest BCUT2D eigenvalue weighted by atomic mass is 9.97. The van der Waals surface area contributed by atoms with Crippen molar-refractivity contribution < 1.29 is 14.3 Å². The average molecular weight is 394 g/mol. The van der Waals surface area contributed by atoms with Crippen molar-refractivity contribution in [1.29, 1.82) is 0 Å². The number of esters is 1. The van der Waals surface area contributed by atoms with Crippen molar-refractivity contribution >= 4 is 23.5 Å². The first kappa shape index (κ1) is 20.5. The van der Waals surface area contributed by atoms with Crippen molar-refractivity contribution in [2.75, 3.05) is 24.3 Å². The van der Waals surface area contributed by atoms with Crippen LogP contribution in [0.3, 0.4) is 0 Å². The molecule has 152 valence electrons. The van der Waals surface area contributed by atoms with Gasteiger partial charge < -0.3 is 15.4 Å². The number of nitrogens with one attached hydrogen (secondary N) is 2. The first-order valence-corrected chi connectivity index (χ1v) is 9.82. The maximum atomic E-state index is 12.6. The Bertz CT molecular complexity index is 907. The number of anilines is 2. The summed E-state index contributed by atoms with van der Waals surface area (Å²) in [6.07, 6.45) is 8.16. The number of ether oxygens (including phenoxy) is 1. The third-order valence-electron chi connectivity index (χ3n) is 4.76. The predicted octanol–water partition coefficient (Wildman–Crippen LogP) is 4.13. The molecule has 0 aliphatic heterocycles. The Balaban J connectivity index is 1.61. The monoisotopic (exact) mass is 394 g/mol. The van der Waals surface area contributed by atoms with Gasteiger partial charge in [0.25, 0.3) is 5.91 Å². The lowest BCUT2D eigenvalue weighted by Crippen LogP contribution is -2.16. The third-order valence-corrected chi connectivity index (χ3v) is 4.76. The second kappa shape index (κ2) is 9.82. The number of hydrogen-bond acceptors (Lipinski definition) is 6. The Labute approximate surface area is 170 Å². The molecule has 1 heterocycles. The Kier molecular flexibility index (Phi) is 6.94. The molecular weight excluding hydrogens is 368 g/mol. The van der Waals surface area contributed by atoms with E-state index < -0.39 is 5.97 Å². The second-order valence-corrected chi connectivity index (χ2v) is 7.03. The van der Waals surface area contributed by atoms with E-state index >= 15 is 0 Å². The topological polar surface area (TPSA) is 93.2 Å². The van der Waals surface area contributed by atoms with Gasteiger partial charge in [0.15, 0.2) is 0 Å². The summed E-state index contributed by atoms with van der Waals surface area (Å²) in [4.78, 5) is 32.8. The van der Waals surface area contributed by atoms with Crippen molar-refractivity contribution in [2.45, 2.75) is 39.0 Å². The normalized spacial score (nSPS) is 13.4. The minimum Gasteiger partial charge on any atom is -0.465 e. The molecular formula is C22H26N4O3. The SMILES string of the molecule is COC(=O)c1ccc(NC(=O)c2cc(C)nc(NCCC3=CCCCC3)n2)cc1. The van der Waals surface area contributed by atoms with Gasteiger partial charge in [0.2, 0.25) is 5.95 Å². The zero-order valence-electron chi connectivity index (χ0n) is 16.8. The number of methoxy groups -OCH3 is 1. The summed E-state index contributed by atoms with van der Waals surface area (Å²) in [6.45, 7) is 2.57. The van der Waals surface area contributed by atoms with Crippen LogP contribution in [-0.4, -0.2) is 35.5 Å². The molecule has 7 heteroatoms. The summed E-state index contributed by atoms with van der Waals surface area (Å²) in [5.74, 6) is -0.305. The number of aromatic nitrogens is 2. The number of benzene rings is 1. The molecule has 0 saturated carbocycles. The molecule has 3 rings (SSSR count). The maximum Gasteiger partial charge on any atom is 0.337 e. The molecule has 1 aliphatic rings. The molecule has 1 aliphatic carbocycles. The van der Waals surface area contributed by atoms with Gasteiger partial charge in [-0.25, -0.2) is 14.8 Å². The Morgan fingerprint density at radius 1 is 1.14 bits per heavy atom. The Morgan fingerprint density at radius 2 is 1.93 bits per heavy atom. The molecule has 2 aromatic rings. The van der Waals surface area contributed by atoms with E-state index in [9.17, 15) is 9.59 Å². The molecule has 0 unspecified atom stereocenters. The second-order valence-electron chi connectivity index (χ2n) is 7.03. The minimum atomic E-state index is -0.422. The van der Waals surface area contributed by atoms with Gasteiger partial charge in [-0.05, 0) is 69.4 Å². The number of hydrogen-bond donors (Lipinski definition) is 2. The zero-order valence-corrected chi connectivity index (χ0v) is 16.8. The number of amides is 1. The molecule has 1 aromatic carbocycles. The van der Waals surface area contributed by atoms with Crippen LogP contribution in [0.5, 0.6) is 0 Å². The van der Waals surface area contributed by atoms with Gasteiger partial charge in [-0.2, -0.15) is 0 Å². The van der Waals surface area contributed by atoms with Crippen LogP contribution in [0.2, 0.25) is 0 Å². The molecule has 0 atom stereocenters. The lowest BCUT2D eigenvalue weighted by Gasteiger charge is -2.13. The van der Waals surface area contributed by atoms with Crippen LogP contribution in [0.4, 0.5) is 11.6 Å². The largest absolute Gasteiger partial charge is 0.465 e. The molecule has 1 aromatic heterocycles. The highest BCUT2D eigenvalue weighted by atomic mass is 16.5.